The van der Waals surface area contributed by atoms with Gasteiger partial charge < -0.3 is 14.6 Å². The van der Waals surface area contributed by atoms with Crippen molar-refractivity contribution in [3.8, 4) is 16.5 Å². The maximum atomic E-state index is 13.6. The van der Waals surface area contributed by atoms with Crippen LogP contribution in [0.25, 0.3) is 16.5 Å². The molecule has 0 aliphatic carbocycles. The van der Waals surface area contributed by atoms with Gasteiger partial charge in [0.2, 0.25) is 17.4 Å². The third-order valence-electron chi connectivity index (χ3n) is 7.41. The molecule has 6 rings (SSSR count). The Morgan fingerprint density at radius 1 is 1.10 bits per heavy atom. The van der Waals surface area contributed by atoms with E-state index in [4.69, 9.17) is 0 Å². The zero-order valence-corrected chi connectivity index (χ0v) is 23.9. The second-order valence-corrected chi connectivity index (χ2v) is 13.2. The highest BCUT2D eigenvalue weighted by molar-refractivity contribution is 7.90. The van der Waals surface area contributed by atoms with E-state index in [0.29, 0.717) is 19.5 Å². The predicted octanol–water partition coefficient (Wildman–Crippen LogP) is 2.06. The van der Waals surface area contributed by atoms with Crippen molar-refractivity contribution in [1.82, 2.24) is 28.1 Å². The highest BCUT2D eigenvalue weighted by Gasteiger charge is 2.37. The average molecular weight is 602 g/mol. The molecule has 1 amide bonds. The molecule has 41 heavy (non-hydrogen) atoms. The smallest absolute Gasteiger partial charge is 0.305 e. The van der Waals surface area contributed by atoms with Crippen LogP contribution in [0.5, 0.6) is 5.75 Å². The van der Waals surface area contributed by atoms with E-state index in [0.717, 1.165) is 38.4 Å². The van der Waals surface area contributed by atoms with E-state index >= 15 is 0 Å². The maximum absolute atomic E-state index is 13.6. The van der Waals surface area contributed by atoms with Crippen molar-refractivity contribution in [2.24, 2.45) is 0 Å². The van der Waals surface area contributed by atoms with Crippen LogP contribution in [0, 0.1) is 5.82 Å². The third-order valence-corrected chi connectivity index (χ3v) is 10.3. The number of imidazole rings is 1. The number of hydrogen-bond donors (Lipinski definition) is 1. The molecule has 2 aliphatic heterocycles. The normalized spacial score (nSPS) is 17.5. The molecule has 0 radical (unpaired) electrons. The molecule has 0 atom stereocenters. The Morgan fingerprint density at radius 2 is 1.83 bits per heavy atom. The molecule has 216 valence electrons. The second-order valence-electron chi connectivity index (χ2n) is 10.1. The van der Waals surface area contributed by atoms with Crippen LogP contribution in [-0.4, -0.2) is 80.8 Å². The van der Waals surface area contributed by atoms with Gasteiger partial charge in [-0.3, -0.25) is 9.59 Å². The number of halogens is 1. The number of aromatic nitrogens is 4. The number of likely N-dealkylation sites (N-methyl/N-ethyl adjacent to an activating group) is 1. The Morgan fingerprint density at radius 3 is 2.51 bits per heavy atom. The summed E-state index contributed by atoms with van der Waals surface area (Å²) in [6.07, 6.45) is 6.35. The van der Waals surface area contributed by atoms with Crippen LogP contribution in [0.15, 0.2) is 41.5 Å². The molecular weight excluding hydrogens is 573 g/mol. The quantitative estimate of drug-likeness (QED) is 0.358. The van der Waals surface area contributed by atoms with Gasteiger partial charge in [0, 0.05) is 44.2 Å². The number of thiazole rings is 1. The standard InChI is InChI=1S/C26H28FN7O5S2/c1-30-11-12-33(41(30,38)39)20-15-32(16-21(35)31-9-3-2-4-10-31)26-29-22(23(36)25(37)34(20)26)24-28-14-19(40-24)13-17-5-7-18(27)8-6-17/h5-8,14-15,36H,2-4,9-13,16H2,1H3. The average Bonchev–Trinajstić information content (AvgIpc) is 3.64. The number of rotatable bonds is 6. The highest BCUT2D eigenvalue weighted by atomic mass is 32.2. The van der Waals surface area contributed by atoms with Gasteiger partial charge in [-0.2, -0.15) is 12.7 Å². The largest absolute Gasteiger partial charge is 0.501 e. The molecule has 0 spiro atoms. The van der Waals surface area contributed by atoms with Gasteiger partial charge >= 0.3 is 15.8 Å². The lowest BCUT2D eigenvalue weighted by Gasteiger charge is -2.26. The topological polar surface area (TPSA) is 133 Å². The first-order valence-electron chi connectivity index (χ1n) is 13.2. The van der Waals surface area contributed by atoms with Gasteiger partial charge in [0.15, 0.2) is 5.69 Å². The van der Waals surface area contributed by atoms with Gasteiger partial charge in [0.25, 0.3) is 0 Å². The minimum atomic E-state index is -3.91. The maximum Gasteiger partial charge on any atom is 0.305 e. The van der Waals surface area contributed by atoms with E-state index in [1.165, 1.54) is 45.6 Å². The number of hydrogen-bond acceptors (Lipinski definition) is 8. The molecule has 0 unspecified atom stereocenters. The zero-order valence-electron chi connectivity index (χ0n) is 22.2. The van der Waals surface area contributed by atoms with Gasteiger partial charge in [-0.05, 0) is 37.0 Å². The van der Waals surface area contributed by atoms with Crippen LogP contribution in [0.2, 0.25) is 0 Å². The molecule has 3 aromatic heterocycles. The number of amides is 1. The first kappa shape index (κ1) is 27.4. The summed E-state index contributed by atoms with van der Waals surface area (Å²) in [6.45, 7) is 1.41. The number of likely N-dealkylation sites (tertiary alicyclic amines) is 1. The summed E-state index contributed by atoms with van der Waals surface area (Å²) in [4.78, 5) is 38.3. The van der Waals surface area contributed by atoms with E-state index < -0.39 is 21.5 Å². The van der Waals surface area contributed by atoms with Crippen molar-refractivity contribution < 1.29 is 22.7 Å². The van der Waals surface area contributed by atoms with E-state index in [-0.39, 0.29) is 53.7 Å². The lowest BCUT2D eigenvalue weighted by atomic mass is 10.1. The summed E-state index contributed by atoms with van der Waals surface area (Å²) >= 11 is 1.22. The number of piperidine rings is 1. The molecule has 5 heterocycles. The fourth-order valence-electron chi connectivity index (χ4n) is 5.15. The molecule has 0 saturated carbocycles. The lowest BCUT2D eigenvalue weighted by Crippen LogP contribution is -2.37. The Labute approximate surface area is 239 Å². The SMILES string of the molecule is CN1CCN(c2cn(CC(=O)N3CCCCC3)c3nc(-c4ncc(Cc5ccc(F)cc5)s4)c(O)c(=O)n23)S1(=O)=O. The second kappa shape index (κ2) is 10.5. The van der Waals surface area contributed by atoms with Gasteiger partial charge in [0.05, 0.1) is 12.7 Å². The van der Waals surface area contributed by atoms with E-state index in [2.05, 4.69) is 9.97 Å². The van der Waals surface area contributed by atoms with E-state index in [9.17, 15) is 27.5 Å². The first-order chi connectivity index (χ1) is 19.6. The monoisotopic (exact) mass is 601 g/mol. The number of carbonyl (C=O) groups is 1. The first-order valence-corrected chi connectivity index (χ1v) is 15.4. The molecule has 12 nitrogen and oxygen atoms in total. The summed E-state index contributed by atoms with van der Waals surface area (Å²) in [7, 11) is -2.47. The van der Waals surface area contributed by atoms with Crippen LogP contribution < -0.4 is 9.86 Å². The van der Waals surface area contributed by atoms with Crippen LogP contribution >= 0.6 is 11.3 Å². The van der Waals surface area contributed by atoms with E-state index in [1.54, 1.807) is 23.2 Å². The summed E-state index contributed by atoms with van der Waals surface area (Å²) in [5.74, 6) is -1.18. The molecule has 15 heteroatoms. The van der Waals surface area contributed by atoms with Gasteiger partial charge in [-0.15, -0.1) is 11.3 Å². The number of anilines is 1. The van der Waals surface area contributed by atoms with Crippen LogP contribution in [0.3, 0.4) is 0 Å². The van der Waals surface area contributed by atoms with Crippen molar-refractivity contribution >= 4 is 39.0 Å². The summed E-state index contributed by atoms with van der Waals surface area (Å²) in [6, 6.07) is 6.07. The summed E-state index contributed by atoms with van der Waals surface area (Å²) < 4.78 is 44.1. The summed E-state index contributed by atoms with van der Waals surface area (Å²) in [5, 5.41) is 11.3. The molecule has 2 aliphatic rings. The van der Waals surface area contributed by atoms with Crippen molar-refractivity contribution in [2.75, 3.05) is 37.5 Å². The van der Waals surface area contributed by atoms with Crippen molar-refractivity contribution in [3.63, 3.8) is 0 Å². The third kappa shape index (κ3) is 4.97. The minimum absolute atomic E-state index is 0.00807. The van der Waals surface area contributed by atoms with Crippen LogP contribution in [-0.2, 0) is 28.0 Å². The predicted molar refractivity (Wildman–Crippen MR) is 151 cm³/mol. The van der Waals surface area contributed by atoms with Gasteiger partial charge in [0.1, 0.15) is 23.2 Å². The number of fused-ring (bicyclic) bond motifs is 1. The minimum Gasteiger partial charge on any atom is -0.501 e. The molecular formula is C26H28FN7O5S2. The van der Waals surface area contributed by atoms with Gasteiger partial charge in [-0.25, -0.2) is 23.1 Å². The van der Waals surface area contributed by atoms with Gasteiger partial charge in [-0.1, -0.05) is 12.1 Å². The van der Waals surface area contributed by atoms with Crippen molar-refractivity contribution in [1.29, 1.82) is 0 Å². The molecule has 1 aromatic carbocycles. The molecule has 0 bridgehead atoms. The number of aromatic hydroxyl groups is 1. The molecule has 1 N–H and O–H groups in total. The number of nitrogens with zero attached hydrogens (tertiary/aromatic N) is 7. The number of carbonyl (C=O) groups excluding carboxylic acids is 1. The molecule has 4 aromatic rings. The van der Waals surface area contributed by atoms with Crippen molar-refractivity contribution in [2.45, 2.75) is 32.2 Å². The number of benzene rings is 1. The molecule has 2 saturated heterocycles. The summed E-state index contributed by atoms with van der Waals surface area (Å²) in [5.41, 5.74) is -0.0758. The van der Waals surface area contributed by atoms with E-state index in [1.807, 2.05) is 0 Å². The Bertz CT molecular complexity index is 1790. The Kier molecular flexibility index (Phi) is 7.03. The highest BCUT2D eigenvalue weighted by Crippen LogP contribution is 2.32. The fourth-order valence-corrected chi connectivity index (χ4v) is 7.41. The van der Waals surface area contributed by atoms with Crippen LogP contribution in [0.1, 0.15) is 29.7 Å². The molecule has 2 fully saturated rings. The zero-order chi connectivity index (χ0) is 28.9. The lowest BCUT2D eigenvalue weighted by molar-refractivity contribution is -0.132. The van der Waals surface area contributed by atoms with Crippen molar-refractivity contribution in [3.05, 3.63) is 63.3 Å². The Hall–Kier alpha value is -3.82. The van der Waals surface area contributed by atoms with Crippen LogP contribution in [0.4, 0.5) is 10.2 Å². The Balaban J connectivity index is 1.44. The fraction of sp³-hybridized carbons (Fsp3) is 0.385.